The van der Waals surface area contributed by atoms with E-state index in [0.29, 0.717) is 25.4 Å². The monoisotopic (exact) mass is 489 g/mol. The second-order valence-electron chi connectivity index (χ2n) is 8.73. The average Bonchev–Trinajstić information content (AvgIpc) is 3.62. The van der Waals surface area contributed by atoms with Gasteiger partial charge in [0.25, 0.3) is 0 Å². The molecule has 184 valence electrons. The number of halogens is 2. The Kier molecular flexibility index (Phi) is 6.59. The number of aliphatic hydroxyl groups is 1. The van der Waals surface area contributed by atoms with Gasteiger partial charge in [-0.05, 0) is 78.7 Å². The number of hydrogen-bond acceptors (Lipinski definition) is 5. The number of rotatable bonds is 9. The SMILES string of the molecule is Cc1ccc(CN(Cc2ccco2)Cc2ccc(C(O)(c3cccc(F)c3)c3cccc(F)c3)o2)o1. The second kappa shape index (κ2) is 9.97. The first-order valence-corrected chi connectivity index (χ1v) is 11.5. The Morgan fingerprint density at radius 3 is 1.89 bits per heavy atom. The summed E-state index contributed by atoms with van der Waals surface area (Å²) < 4.78 is 45.7. The van der Waals surface area contributed by atoms with Gasteiger partial charge in [0.15, 0.2) is 5.60 Å². The summed E-state index contributed by atoms with van der Waals surface area (Å²) in [5.41, 5.74) is -1.44. The minimum absolute atomic E-state index is 0.153. The molecule has 2 aromatic carbocycles. The molecule has 0 fully saturated rings. The molecule has 0 unspecified atom stereocenters. The van der Waals surface area contributed by atoms with Crippen LogP contribution < -0.4 is 0 Å². The Morgan fingerprint density at radius 1 is 0.722 bits per heavy atom. The largest absolute Gasteiger partial charge is 0.468 e. The fraction of sp³-hybridized carbons (Fsp3) is 0.172. The zero-order valence-corrected chi connectivity index (χ0v) is 19.7. The van der Waals surface area contributed by atoms with E-state index >= 15 is 0 Å². The smallest absolute Gasteiger partial charge is 0.173 e. The molecule has 3 aromatic heterocycles. The summed E-state index contributed by atoms with van der Waals surface area (Å²) in [6.07, 6.45) is 1.62. The van der Waals surface area contributed by atoms with Crippen molar-refractivity contribution in [3.8, 4) is 0 Å². The van der Waals surface area contributed by atoms with E-state index in [4.69, 9.17) is 13.3 Å². The van der Waals surface area contributed by atoms with Crippen molar-refractivity contribution in [2.45, 2.75) is 32.2 Å². The van der Waals surface area contributed by atoms with Gasteiger partial charge in [0.1, 0.15) is 40.4 Å². The fourth-order valence-electron chi connectivity index (χ4n) is 4.34. The minimum Gasteiger partial charge on any atom is -0.468 e. The van der Waals surface area contributed by atoms with Crippen LogP contribution in [0.4, 0.5) is 8.78 Å². The van der Waals surface area contributed by atoms with Crippen LogP contribution in [0.15, 0.2) is 104 Å². The first kappa shape index (κ1) is 23.8. The lowest BCUT2D eigenvalue weighted by atomic mass is 9.84. The van der Waals surface area contributed by atoms with E-state index in [0.717, 1.165) is 17.3 Å². The van der Waals surface area contributed by atoms with Gasteiger partial charge < -0.3 is 18.4 Å². The summed E-state index contributed by atoms with van der Waals surface area (Å²) in [7, 11) is 0. The van der Waals surface area contributed by atoms with Gasteiger partial charge in [0, 0.05) is 0 Å². The van der Waals surface area contributed by atoms with Crippen LogP contribution in [0.2, 0.25) is 0 Å². The standard InChI is InChI=1S/C29H25F2NO4/c1-20-10-11-26(35-20)18-32(17-25-9-4-14-34-25)19-27-12-13-28(36-27)29(33,21-5-2-7-23(30)15-21)22-6-3-8-24(31)16-22/h2-16,33H,17-19H2,1H3. The van der Waals surface area contributed by atoms with Gasteiger partial charge in [-0.15, -0.1) is 0 Å². The van der Waals surface area contributed by atoms with Crippen molar-refractivity contribution in [1.82, 2.24) is 4.90 Å². The lowest BCUT2D eigenvalue weighted by molar-refractivity contribution is 0.0937. The molecule has 5 nitrogen and oxygen atoms in total. The molecule has 3 heterocycles. The van der Waals surface area contributed by atoms with E-state index in [-0.39, 0.29) is 16.9 Å². The van der Waals surface area contributed by atoms with Crippen molar-refractivity contribution >= 4 is 0 Å². The predicted octanol–water partition coefficient (Wildman–Crippen LogP) is 6.54. The van der Waals surface area contributed by atoms with Crippen LogP contribution in [-0.4, -0.2) is 10.0 Å². The number of furan rings is 3. The lowest BCUT2D eigenvalue weighted by Gasteiger charge is -2.27. The maximum atomic E-state index is 14.1. The van der Waals surface area contributed by atoms with Crippen LogP contribution in [0.5, 0.6) is 0 Å². The molecule has 0 radical (unpaired) electrons. The molecule has 0 saturated heterocycles. The van der Waals surface area contributed by atoms with Gasteiger partial charge in [0.05, 0.1) is 25.9 Å². The number of benzene rings is 2. The molecule has 0 aliphatic rings. The quantitative estimate of drug-likeness (QED) is 0.255. The molecule has 0 spiro atoms. The van der Waals surface area contributed by atoms with E-state index < -0.39 is 17.2 Å². The maximum absolute atomic E-state index is 14.1. The number of nitrogens with zero attached hydrogens (tertiary/aromatic N) is 1. The van der Waals surface area contributed by atoms with Crippen molar-refractivity contribution in [1.29, 1.82) is 0 Å². The summed E-state index contributed by atoms with van der Waals surface area (Å²) in [6, 6.07) is 22.1. The molecule has 0 amide bonds. The highest BCUT2D eigenvalue weighted by Gasteiger charge is 2.38. The highest BCUT2D eigenvalue weighted by atomic mass is 19.1. The Balaban J connectivity index is 1.48. The zero-order chi connectivity index (χ0) is 25.1. The normalized spacial score (nSPS) is 11.9. The molecule has 7 heteroatoms. The molecule has 0 aliphatic carbocycles. The molecular formula is C29H25F2NO4. The Morgan fingerprint density at radius 2 is 1.33 bits per heavy atom. The van der Waals surface area contributed by atoms with Gasteiger partial charge >= 0.3 is 0 Å². The Labute approximate surface area is 207 Å². The summed E-state index contributed by atoms with van der Waals surface area (Å²) in [5, 5.41) is 11.9. The van der Waals surface area contributed by atoms with Gasteiger partial charge in [-0.2, -0.15) is 0 Å². The fourth-order valence-corrected chi connectivity index (χ4v) is 4.34. The molecule has 0 saturated carbocycles. The summed E-state index contributed by atoms with van der Waals surface area (Å²) >= 11 is 0. The molecule has 0 atom stereocenters. The molecule has 36 heavy (non-hydrogen) atoms. The van der Waals surface area contributed by atoms with E-state index in [1.807, 2.05) is 31.2 Å². The highest BCUT2D eigenvalue weighted by molar-refractivity contribution is 5.44. The molecule has 0 bridgehead atoms. The first-order chi connectivity index (χ1) is 17.4. The molecular weight excluding hydrogens is 464 g/mol. The minimum atomic E-state index is -1.90. The lowest BCUT2D eigenvalue weighted by Crippen LogP contribution is -2.28. The first-order valence-electron chi connectivity index (χ1n) is 11.5. The van der Waals surface area contributed by atoms with Crippen LogP contribution >= 0.6 is 0 Å². The van der Waals surface area contributed by atoms with Crippen LogP contribution in [0.3, 0.4) is 0 Å². The number of hydrogen-bond donors (Lipinski definition) is 1. The Hall–Kier alpha value is -3.94. The molecule has 0 aliphatic heterocycles. The molecule has 5 aromatic rings. The van der Waals surface area contributed by atoms with Gasteiger partial charge in [0.2, 0.25) is 0 Å². The van der Waals surface area contributed by atoms with Crippen LogP contribution in [0.1, 0.15) is 39.9 Å². The maximum Gasteiger partial charge on any atom is 0.173 e. The highest BCUT2D eigenvalue weighted by Crippen LogP contribution is 2.38. The third-order valence-electron chi connectivity index (χ3n) is 6.02. The average molecular weight is 490 g/mol. The van der Waals surface area contributed by atoms with Crippen LogP contribution in [0.25, 0.3) is 0 Å². The zero-order valence-electron chi connectivity index (χ0n) is 19.7. The van der Waals surface area contributed by atoms with E-state index in [1.54, 1.807) is 30.5 Å². The third kappa shape index (κ3) is 5.03. The predicted molar refractivity (Wildman–Crippen MR) is 129 cm³/mol. The van der Waals surface area contributed by atoms with Crippen molar-refractivity contribution in [3.63, 3.8) is 0 Å². The van der Waals surface area contributed by atoms with Crippen molar-refractivity contribution < 1.29 is 27.1 Å². The van der Waals surface area contributed by atoms with Crippen LogP contribution in [0, 0.1) is 18.6 Å². The van der Waals surface area contributed by atoms with E-state index in [1.165, 1.54) is 36.4 Å². The van der Waals surface area contributed by atoms with Crippen molar-refractivity contribution in [2.75, 3.05) is 0 Å². The van der Waals surface area contributed by atoms with Crippen LogP contribution in [-0.2, 0) is 25.2 Å². The topological polar surface area (TPSA) is 62.9 Å². The third-order valence-corrected chi connectivity index (χ3v) is 6.02. The summed E-state index contributed by atoms with van der Waals surface area (Å²) in [4.78, 5) is 2.07. The van der Waals surface area contributed by atoms with Crippen molar-refractivity contribution in [2.24, 2.45) is 0 Å². The molecule has 1 N–H and O–H groups in total. The van der Waals surface area contributed by atoms with Gasteiger partial charge in [-0.1, -0.05) is 24.3 Å². The molecule has 5 rings (SSSR count). The van der Waals surface area contributed by atoms with E-state index in [9.17, 15) is 13.9 Å². The number of aryl methyl sites for hydroxylation is 1. The van der Waals surface area contributed by atoms with Crippen molar-refractivity contribution in [3.05, 3.63) is 143 Å². The summed E-state index contributed by atoms with van der Waals surface area (Å²) in [5.74, 6) is 2.06. The summed E-state index contributed by atoms with van der Waals surface area (Å²) in [6.45, 7) is 3.27. The Bertz CT molecular complexity index is 1390. The van der Waals surface area contributed by atoms with E-state index in [2.05, 4.69) is 4.90 Å². The van der Waals surface area contributed by atoms with Gasteiger partial charge in [-0.25, -0.2) is 8.78 Å². The van der Waals surface area contributed by atoms with Gasteiger partial charge in [-0.3, -0.25) is 4.90 Å². The second-order valence-corrected chi connectivity index (χ2v) is 8.73.